The number of pyridine rings is 1. The molecule has 344 valence electrons. The lowest BCUT2D eigenvalue weighted by Gasteiger charge is -2.35. The van der Waals surface area contributed by atoms with Gasteiger partial charge in [-0.15, -0.1) is 0 Å². The van der Waals surface area contributed by atoms with E-state index >= 15 is 0 Å². The number of ether oxygens (including phenoxy) is 1. The van der Waals surface area contributed by atoms with Gasteiger partial charge in [-0.25, -0.2) is 23.2 Å². The van der Waals surface area contributed by atoms with Gasteiger partial charge in [-0.2, -0.15) is 5.10 Å². The number of hydrogen-bond donors (Lipinski definition) is 2. The van der Waals surface area contributed by atoms with Crippen molar-refractivity contribution in [2.45, 2.75) is 69.9 Å². The number of amides is 4. The maximum Gasteiger partial charge on any atom is 0.329 e. The second kappa shape index (κ2) is 18.9. The molecular weight excluding hydrogens is 855 g/mol. The molecule has 2 N–H and O–H groups in total. The van der Waals surface area contributed by atoms with E-state index in [-0.39, 0.29) is 53.7 Å². The van der Waals surface area contributed by atoms with E-state index in [1.807, 2.05) is 24.3 Å². The number of oxazole rings is 1. The monoisotopic (exact) mass is 904 g/mol. The van der Waals surface area contributed by atoms with E-state index in [0.29, 0.717) is 48.4 Å². The van der Waals surface area contributed by atoms with Crippen LogP contribution in [0.15, 0.2) is 82.5 Å². The minimum Gasteiger partial charge on any atom is -0.444 e. The van der Waals surface area contributed by atoms with Gasteiger partial charge in [0.1, 0.15) is 12.3 Å². The van der Waals surface area contributed by atoms with E-state index in [1.165, 1.54) is 34.6 Å². The molecule has 17 nitrogen and oxygen atoms in total. The zero-order valence-corrected chi connectivity index (χ0v) is 36.6. The maximum absolute atomic E-state index is 14.2. The number of benzene rings is 2. The molecule has 0 radical (unpaired) electrons. The number of nitrogens with one attached hydrogen (secondary N) is 2. The number of rotatable bonds is 16. The van der Waals surface area contributed by atoms with Crippen molar-refractivity contribution in [1.29, 1.82) is 0 Å². The SMILES string of the molecule is CN(C[C@@H]1CN(CCCc2cccc3c2n(C)c(=O)n3C2CCC(=O)NC2=O)CCO1)C(=O)c1ccc(-n2cc(NC(=O)c3coc(-c4ccnc(CCC5CC5)c4)n3)c(C(F)F)n2)cc1. The first-order valence-corrected chi connectivity index (χ1v) is 22.2. The highest BCUT2D eigenvalue weighted by molar-refractivity contribution is 6.03. The maximum atomic E-state index is 14.2. The predicted octanol–water partition coefficient (Wildman–Crippen LogP) is 5.49. The van der Waals surface area contributed by atoms with Gasteiger partial charge in [0, 0.05) is 63.2 Å². The highest BCUT2D eigenvalue weighted by atomic mass is 19.3. The summed E-state index contributed by atoms with van der Waals surface area (Å²) in [5.41, 5.74) is 3.53. The van der Waals surface area contributed by atoms with Crippen molar-refractivity contribution in [3.63, 3.8) is 0 Å². The molecule has 0 spiro atoms. The first-order chi connectivity index (χ1) is 31.9. The molecule has 6 heterocycles. The number of hydrogen-bond acceptors (Lipinski definition) is 11. The molecule has 4 amide bonds. The van der Waals surface area contributed by atoms with Crippen LogP contribution in [-0.4, -0.2) is 108 Å². The Morgan fingerprint density at radius 3 is 2.64 bits per heavy atom. The Labute approximate surface area is 377 Å². The summed E-state index contributed by atoms with van der Waals surface area (Å²) in [5.74, 6) is -0.830. The topological polar surface area (TPSA) is 192 Å². The van der Waals surface area contributed by atoms with Gasteiger partial charge in [0.05, 0.1) is 41.3 Å². The van der Waals surface area contributed by atoms with Crippen LogP contribution in [0, 0.1) is 5.92 Å². The van der Waals surface area contributed by atoms with E-state index in [0.717, 1.165) is 55.0 Å². The Morgan fingerprint density at radius 1 is 1.05 bits per heavy atom. The number of alkyl halides is 2. The molecule has 6 aromatic rings. The molecule has 1 saturated carbocycles. The fraction of sp³-hybridized carbons (Fsp3) is 0.404. The van der Waals surface area contributed by atoms with Crippen LogP contribution in [0.5, 0.6) is 0 Å². The van der Waals surface area contributed by atoms with Crippen molar-refractivity contribution in [3.8, 4) is 17.1 Å². The number of para-hydroxylation sites is 1. The summed E-state index contributed by atoms with van der Waals surface area (Å²) in [4.78, 5) is 77.1. The number of halogens is 2. The molecule has 1 aliphatic carbocycles. The summed E-state index contributed by atoms with van der Waals surface area (Å²) in [6, 6.07) is 14.9. The number of fused-ring (bicyclic) bond motifs is 1. The van der Waals surface area contributed by atoms with Crippen LogP contribution in [0.2, 0.25) is 0 Å². The Morgan fingerprint density at radius 2 is 1.86 bits per heavy atom. The van der Waals surface area contributed by atoms with Crippen molar-refractivity contribution in [1.82, 2.24) is 44.0 Å². The van der Waals surface area contributed by atoms with Crippen LogP contribution >= 0.6 is 0 Å². The molecule has 66 heavy (non-hydrogen) atoms. The molecule has 1 unspecified atom stereocenters. The molecule has 2 aliphatic heterocycles. The van der Waals surface area contributed by atoms with Crippen LogP contribution in [-0.2, 0) is 34.2 Å². The first-order valence-electron chi connectivity index (χ1n) is 22.2. The molecule has 4 aromatic heterocycles. The predicted molar refractivity (Wildman–Crippen MR) is 237 cm³/mol. The quantitative estimate of drug-likeness (QED) is 0.117. The number of carbonyl (C=O) groups excluding carboxylic acids is 4. The van der Waals surface area contributed by atoms with E-state index in [9.17, 15) is 32.8 Å². The van der Waals surface area contributed by atoms with Gasteiger partial charge >= 0.3 is 5.69 Å². The minimum atomic E-state index is -2.99. The number of anilines is 1. The Bertz CT molecular complexity index is 2850. The first kappa shape index (κ1) is 44.3. The van der Waals surface area contributed by atoms with Gasteiger partial charge in [-0.3, -0.25) is 43.5 Å². The standard InChI is InChI=1S/C47H50F2N10O7/c1-55(24-34-25-57(21-22-65-34)20-4-6-29-5-3-7-37-41(29)56(2)47(64)59(37)38-16-17-39(60)53-44(38)62)46(63)30-11-14-33(15-12-30)58-26-35(40(54-58)42(48)49)51-43(61)36-27-66-45(52-36)31-18-19-50-32(23-31)13-10-28-8-9-28/h3,5,7,11-12,14-15,18-19,23,26-28,34,38,42H,4,6,8-10,13,16-17,20-22,24-25H2,1-2H3,(H,51,61)(H,53,60,62)/t34-,38?/m1/s1. The van der Waals surface area contributed by atoms with Crippen LogP contribution in [0.4, 0.5) is 14.5 Å². The zero-order chi connectivity index (χ0) is 46.1. The van der Waals surface area contributed by atoms with Crippen molar-refractivity contribution < 1.29 is 37.1 Å². The highest BCUT2D eigenvalue weighted by Gasteiger charge is 2.32. The number of nitrogens with zero attached hydrogens (tertiary/aromatic N) is 8. The minimum absolute atomic E-state index is 0.0888. The normalized spacial score (nSPS) is 18.0. The van der Waals surface area contributed by atoms with E-state index in [2.05, 4.69) is 30.6 Å². The van der Waals surface area contributed by atoms with E-state index < -0.39 is 30.0 Å². The average molecular weight is 905 g/mol. The van der Waals surface area contributed by atoms with Crippen molar-refractivity contribution >= 4 is 40.3 Å². The molecule has 9 rings (SSSR count). The van der Waals surface area contributed by atoms with Gasteiger partial charge in [-0.05, 0) is 92.6 Å². The molecule has 2 saturated heterocycles. The molecular formula is C47H50F2N10O7. The highest BCUT2D eigenvalue weighted by Crippen LogP contribution is 2.34. The fourth-order valence-electron chi connectivity index (χ4n) is 8.88. The molecule has 19 heteroatoms. The van der Waals surface area contributed by atoms with Crippen molar-refractivity contribution in [3.05, 3.63) is 112 Å². The summed E-state index contributed by atoms with van der Waals surface area (Å²) >= 11 is 0. The lowest BCUT2D eigenvalue weighted by atomic mass is 10.0. The molecule has 2 atom stereocenters. The van der Waals surface area contributed by atoms with E-state index in [4.69, 9.17) is 9.15 Å². The number of imide groups is 1. The van der Waals surface area contributed by atoms with Crippen LogP contribution in [0.1, 0.15) is 88.8 Å². The third kappa shape index (κ3) is 9.58. The van der Waals surface area contributed by atoms with Gasteiger partial charge in [0.15, 0.2) is 11.4 Å². The zero-order valence-electron chi connectivity index (χ0n) is 36.6. The van der Waals surface area contributed by atoms with Gasteiger partial charge in [0.2, 0.25) is 17.7 Å². The van der Waals surface area contributed by atoms with Gasteiger partial charge in [-0.1, -0.05) is 25.0 Å². The lowest BCUT2D eigenvalue weighted by Crippen LogP contribution is -2.48. The average Bonchev–Trinajstić information content (AvgIpc) is 3.72. The molecule has 0 bridgehead atoms. The Hall–Kier alpha value is -6.86. The summed E-state index contributed by atoms with van der Waals surface area (Å²) < 4.78 is 44.3. The lowest BCUT2D eigenvalue weighted by molar-refractivity contribution is -0.135. The van der Waals surface area contributed by atoms with Crippen LogP contribution in [0.3, 0.4) is 0 Å². The van der Waals surface area contributed by atoms with Crippen molar-refractivity contribution in [2.75, 3.05) is 45.2 Å². The van der Waals surface area contributed by atoms with Crippen molar-refractivity contribution in [2.24, 2.45) is 13.0 Å². The number of likely N-dealkylation sites (N-methyl/N-ethyl adjacent to an activating group) is 1. The fourth-order valence-corrected chi connectivity index (χ4v) is 8.88. The number of morpholine rings is 1. The Kier molecular flexibility index (Phi) is 12.7. The summed E-state index contributed by atoms with van der Waals surface area (Å²) in [5, 5.41) is 8.90. The number of aromatic nitrogens is 6. The summed E-state index contributed by atoms with van der Waals surface area (Å²) in [6.07, 6.45) is 7.23. The number of imidazole rings is 1. The number of carbonyl (C=O) groups is 4. The van der Waals surface area contributed by atoms with E-state index in [1.54, 1.807) is 60.1 Å². The smallest absolute Gasteiger partial charge is 0.329 e. The van der Waals surface area contributed by atoms with Crippen LogP contribution in [0.25, 0.3) is 28.2 Å². The van der Waals surface area contributed by atoms with Gasteiger partial charge in [0.25, 0.3) is 18.2 Å². The third-order valence-corrected chi connectivity index (χ3v) is 12.6. The largest absolute Gasteiger partial charge is 0.444 e. The number of aryl methyl sites for hydroxylation is 3. The Balaban J connectivity index is 0.782. The third-order valence-electron chi connectivity index (χ3n) is 12.6. The molecule has 2 aromatic carbocycles. The van der Waals surface area contributed by atoms with Crippen LogP contribution < -0.4 is 16.3 Å². The van der Waals surface area contributed by atoms with Gasteiger partial charge < -0.3 is 19.4 Å². The molecule has 3 fully saturated rings. The second-order valence-corrected chi connectivity index (χ2v) is 17.3. The summed E-state index contributed by atoms with van der Waals surface area (Å²) in [7, 11) is 3.40. The molecule has 3 aliphatic rings. The summed E-state index contributed by atoms with van der Waals surface area (Å²) in [6.45, 7) is 2.94. The second-order valence-electron chi connectivity index (χ2n) is 17.3. The number of piperidine rings is 1.